The fourth-order valence-electron chi connectivity index (χ4n) is 4.21. The standard InChI is InChI=1S/C28H19FN4O2/c1-16(34)17-8-12-21(13-9-17)32-33-26-22-5-3-2-4-19(22)14-23-25(18-6-10-20(29)11-7-18)24(15-30)28(31)35-27(23)26/h2-14,25H,31H2,1H3. The fraction of sp³-hybridized carbons (Fsp3) is 0.0714. The number of nitrogens with two attached hydrogens (primary N) is 1. The van der Waals surface area contributed by atoms with Gasteiger partial charge in [-0.25, -0.2) is 4.39 Å². The molecule has 2 N–H and O–H groups in total. The molecule has 0 bridgehead atoms. The van der Waals surface area contributed by atoms with Gasteiger partial charge >= 0.3 is 0 Å². The molecule has 35 heavy (non-hydrogen) atoms. The van der Waals surface area contributed by atoms with Gasteiger partial charge in [0.25, 0.3) is 0 Å². The van der Waals surface area contributed by atoms with E-state index in [4.69, 9.17) is 10.5 Å². The highest BCUT2D eigenvalue weighted by Gasteiger charge is 2.33. The number of azo groups is 1. The molecule has 0 amide bonds. The molecule has 170 valence electrons. The molecule has 1 unspecified atom stereocenters. The summed E-state index contributed by atoms with van der Waals surface area (Å²) in [5.41, 5.74) is 9.41. The van der Waals surface area contributed by atoms with Gasteiger partial charge < -0.3 is 10.5 Å². The summed E-state index contributed by atoms with van der Waals surface area (Å²) in [7, 11) is 0. The molecule has 4 aromatic carbocycles. The minimum Gasteiger partial charge on any atom is -0.438 e. The van der Waals surface area contributed by atoms with E-state index in [9.17, 15) is 14.4 Å². The summed E-state index contributed by atoms with van der Waals surface area (Å²) in [5.74, 6) is -0.615. The zero-order valence-corrected chi connectivity index (χ0v) is 18.7. The molecular formula is C28H19FN4O2. The Balaban J connectivity index is 1.71. The van der Waals surface area contributed by atoms with Crippen LogP contribution < -0.4 is 10.5 Å². The number of halogens is 1. The number of benzene rings is 4. The summed E-state index contributed by atoms with van der Waals surface area (Å²) in [6, 6.07) is 24.5. The van der Waals surface area contributed by atoms with Crippen molar-refractivity contribution < 1.29 is 13.9 Å². The Bertz CT molecular complexity index is 1570. The van der Waals surface area contributed by atoms with E-state index in [0.717, 1.165) is 10.8 Å². The summed E-state index contributed by atoms with van der Waals surface area (Å²) >= 11 is 0. The molecule has 0 fully saturated rings. The summed E-state index contributed by atoms with van der Waals surface area (Å²) < 4.78 is 19.6. The Hall–Kier alpha value is -4.83. The summed E-state index contributed by atoms with van der Waals surface area (Å²) in [5, 5.41) is 20.4. The number of rotatable bonds is 4. The third-order valence-corrected chi connectivity index (χ3v) is 5.94. The topological polar surface area (TPSA) is 101 Å². The number of allylic oxidation sites excluding steroid dienone is 1. The zero-order chi connectivity index (χ0) is 24.5. The van der Waals surface area contributed by atoms with E-state index < -0.39 is 5.92 Å². The van der Waals surface area contributed by atoms with Gasteiger partial charge in [-0.1, -0.05) is 36.4 Å². The van der Waals surface area contributed by atoms with E-state index >= 15 is 0 Å². The van der Waals surface area contributed by atoms with Crippen LogP contribution in [0.5, 0.6) is 5.75 Å². The molecule has 0 saturated heterocycles. The van der Waals surface area contributed by atoms with Crippen LogP contribution in [0.4, 0.5) is 15.8 Å². The van der Waals surface area contributed by atoms with E-state index in [2.05, 4.69) is 16.3 Å². The second kappa shape index (κ2) is 8.84. The van der Waals surface area contributed by atoms with E-state index in [1.54, 1.807) is 36.4 Å². The van der Waals surface area contributed by atoms with Gasteiger partial charge in [0.15, 0.2) is 11.5 Å². The number of nitriles is 1. The monoisotopic (exact) mass is 462 g/mol. The number of ketones is 1. The van der Waals surface area contributed by atoms with Crippen LogP contribution in [0.15, 0.2) is 101 Å². The lowest BCUT2D eigenvalue weighted by atomic mass is 9.82. The van der Waals surface area contributed by atoms with Crippen molar-refractivity contribution in [1.82, 2.24) is 0 Å². The normalized spacial score (nSPS) is 15.1. The Kier molecular flexibility index (Phi) is 5.55. The second-order valence-corrected chi connectivity index (χ2v) is 8.14. The van der Waals surface area contributed by atoms with Gasteiger partial charge in [-0.3, -0.25) is 4.79 Å². The SMILES string of the molecule is CC(=O)c1ccc(N=Nc2c3c(cc4ccccc24)C(c2ccc(F)cc2)C(C#N)=C(N)O3)cc1. The molecule has 1 aliphatic heterocycles. The van der Waals surface area contributed by atoms with Crippen LogP contribution in [0, 0.1) is 17.1 Å². The number of Topliss-reactive ketones (excluding diaryl/α,β-unsaturated/α-hetero) is 1. The van der Waals surface area contributed by atoms with Crippen molar-refractivity contribution in [2.45, 2.75) is 12.8 Å². The van der Waals surface area contributed by atoms with Gasteiger partial charge in [0.2, 0.25) is 5.88 Å². The Morgan fingerprint density at radius 2 is 1.74 bits per heavy atom. The highest BCUT2D eigenvalue weighted by Crippen LogP contribution is 2.49. The van der Waals surface area contributed by atoms with Crippen molar-refractivity contribution in [2.24, 2.45) is 16.0 Å². The van der Waals surface area contributed by atoms with Crippen molar-refractivity contribution in [3.8, 4) is 11.8 Å². The fourth-order valence-corrected chi connectivity index (χ4v) is 4.21. The molecule has 6 nitrogen and oxygen atoms in total. The van der Waals surface area contributed by atoms with Gasteiger partial charge in [0.1, 0.15) is 23.1 Å². The molecule has 0 aromatic heterocycles. The summed E-state index contributed by atoms with van der Waals surface area (Å²) in [6.45, 7) is 1.50. The number of carbonyl (C=O) groups excluding carboxylic acids is 1. The first kappa shape index (κ1) is 22.0. The molecule has 5 rings (SSSR count). The lowest BCUT2D eigenvalue weighted by Gasteiger charge is -2.28. The predicted octanol–water partition coefficient (Wildman–Crippen LogP) is 6.82. The Morgan fingerprint density at radius 1 is 1.03 bits per heavy atom. The Morgan fingerprint density at radius 3 is 2.43 bits per heavy atom. The number of nitrogens with zero attached hydrogens (tertiary/aromatic N) is 3. The molecule has 1 atom stereocenters. The molecule has 1 heterocycles. The number of ether oxygens (including phenoxy) is 1. The van der Waals surface area contributed by atoms with Crippen LogP contribution in [0.3, 0.4) is 0 Å². The van der Waals surface area contributed by atoms with Gasteiger partial charge in [0, 0.05) is 16.5 Å². The van der Waals surface area contributed by atoms with Gasteiger partial charge in [-0.15, -0.1) is 5.11 Å². The summed E-state index contributed by atoms with van der Waals surface area (Å²) in [4.78, 5) is 11.6. The third kappa shape index (κ3) is 4.02. The van der Waals surface area contributed by atoms with Crippen LogP contribution in [0.2, 0.25) is 0 Å². The van der Waals surface area contributed by atoms with Crippen LogP contribution in [0.25, 0.3) is 10.8 Å². The lowest BCUT2D eigenvalue weighted by Crippen LogP contribution is -2.21. The van der Waals surface area contributed by atoms with Crippen molar-refractivity contribution in [3.05, 3.63) is 113 Å². The van der Waals surface area contributed by atoms with E-state index in [1.807, 2.05) is 30.3 Å². The van der Waals surface area contributed by atoms with Crippen molar-refractivity contribution in [2.75, 3.05) is 0 Å². The minimum atomic E-state index is -0.558. The van der Waals surface area contributed by atoms with Crippen LogP contribution in [-0.2, 0) is 0 Å². The predicted molar refractivity (Wildman–Crippen MR) is 130 cm³/mol. The van der Waals surface area contributed by atoms with Crippen LogP contribution in [-0.4, -0.2) is 5.78 Å². The number of carbonyl (C=O) groups is 1. The van der Waals surface area contributed by atoms with Crippen molar-refractivity contribution >= 4 is 27.9 Å². The molecule has 0 saturated carbocycles. The average molecular weight is 462 g/mol. The van der Waals surface area contributed by atoms with E-state index in [1.165, 1.54) is 19.1 Å². The first-order chi connectivity index (χ1) is 17.0. The Labute approximate surface area is 200 Å². The lowest BCUT2D eigenvalue weighted by molar-refractivity contribution is 0.101. The average Bonchev–Trinajstić information content (AvgIpc) is 2.87. The van der Waals surface area contributed by atoms with Gasteiger partial charge in [-0.05, 0) is 60.3 Å². The summed E-state index contributed by atoms with van der Waals surface area (Å²) in [6.07, 6.45) is 0. The molecule has 0 radical (unpaired) electrons. The maximum Gasteiger partial charge on any atom is 0.205 e. The van der Waals surface area contributed by atoms with Crippen LogP contribution >= 0.6 is 0 Å². The molecule has 0 spiro atoms. The zero-order valence-electron chi connectivity index (χ0n) is 18.7. The maximum atomic E-state index is 13.6. The maximum absolute atomic E-state index is 13.6. The molecule has 1 aliphatic rings. The van der Waals surface area contributed by atoms with Crippen molar-refractivity contribution in [3.63, 3.8) is 0 Å². The molecule has 4 aromatic rings. The van der Waals surface area contributed by atoms with E-state index in [0.29, 0.717) is 33.8 Å². The van der Waals surface area contributed by atoms with Crippen LogP contribution in [0.1, 0.15) is 34.3 Å². The number of fused-ring (bicyclic) bond motifs is 2. The highest BCUT2D eigenvalue weighted by molar-refractivity contribution is 5.97. The largest absolute Gasteiger partial charge is 0.438 e. The van der Waals surface area contributed by atoms with Gasteiger partial charge in [-0.2, -0.15) is 10.4 Å². The quantitative estimate of drug-likeness (QED) is 0.266. The smallest absolute Gasteiger partial charge is 0.205 e. The van der Waals surface area contributed by atoms with E-state index in [-0.39, 0.29) is 23.1 Å². The molecule has 0 aliphatic carbocycles. The number of hydrogen-bond acceptors (Lipinski definition) is 6. The third-order valence-electron chi connectivity index (χ3n) is 5.94. The molecular weight excluding hydrogens is 443 g/mol. The highest BCUT2D eigenvalue weighted by atomic mass is 19.1. The number of hydrogen-bond donors (Lipinski definition) is 1. The first-order valence-electron chi connectivity index (χ1n) is 10.9. The second-order valence-electron chi connectivity index (χ2n) is 8.14. The van der Waals surface area contributed by atoms with Gasteiger partial charge in [0.05, 0.1) is 11.6 Å². The molecule has 7 heteroatoms. The minimum absolute atomic E-state index is 0.0348. The van der Waals surface area contributed by atoms with Crippen molar-refractivity contribution in [1.29, 1.82) is 5.26 Å². The first-order valence-corrected chi connectivity index (χ1v) is 10.9.